The summed E-state index contributed by atoms with van der Waals surface area (Å²) in [6, 6.07) is 17.4. The second-order valence-corrected chi connectivity index (χ2v) is 11.1. The Bertz CT molecular complexity index is 1350. The molecule has 2 aliphatic heterocycles. The lowest BCUT2D eigenvalue weighted by Gasteiger charge is -2.35. The van der Waals surface area contributed by atoms with Crippen LogP contribution in [0.1, 0.15) is 19.4 Å². The van der Waals surface area contributed by atoms with E-state index in [-0.39, 0.29) is 6.61 Å². The minimum atomic E-state index is 0.232. The van der Waals surface area contributed by atoms with Crippen LogP contribution in [0.2, 0.25) is 0 Å². The van der Waals surface area contributed by atoms with Crippen LogP contribution in [0.15, 0.2) is 62.9 Å². The van der Waals surface area contributed by atoms with E-state index < -0.39 is 0 Å². The number of nitrogens with zero attached hydrogens (tertiary/aromatic N) is 4. The average molecular weight is 507 g/mol. The molecule has 0 aliphatic carbocycles. The molecule has 3 aromatic rings. The van der Waals surface area contributed by atoms with Crippen molar-refractivity contribution in [3.8, 4) is 0 Å². The SMILES string of the molecule is CCN(CC)c1ccc2c(C=C3Sc4ccccc4N3C)cc(=[N+]3CC[N+](C)(CCO)CC3)oc2c1. The summed E-state index contributed by atoms with van der Waals surface area (Å²) in [5.74, 6) is 0. The van der Waals surface area contributed by atoms with Crippen LogP contribution in [0.3, 0.4) is 0 Å². The number of quaternary nitrogens is 1. The Morgan fingerprint density at radius 3 is 2.56 bits per heavy atom. The molecule has 0 saturated carbocycles. The van der Waals surface area contributed by atoms with Crippen LogP contribution in [0.25, 0.3) is 17.0 Å². The number of piperazine rings is 1. The first-order chi connectivity index (χ1) is 17.4. The summed E-state index contributed by atoms with van der Waals surface area (Å²) in [4.78, 5) is 5.92. The first-order valence-electron chi connectivity index (χ1n) is 13.0. The van der Waals surface area contributed by atoms with Crippen LogP contribution < -0.4 is 19.9 Å². The summed E-state index contributed by atoms with van der Waals surface area (Å²) in [6.07, 6.45) is 2.30. The Kier molecular flexibility index (Phi) is 7.15. The van der Waals surface area contributed by atoms with Crippen molar-refractivity contribution >= 4 is 40.2 Å². The summed E-state index contributed by atoms with van der Waals surface area (Å²) in [5, 5.41) is 11.8. The number of fused-ring (bicyclic) bond motifs is 2. The van der Waals surface area contributed by atoms with E-state index in [0.29, 0.717) is 0 Å². The summed E-state index contributed by atoms with van der Waals surface area (Å²) in [6.45, 7) is 11.2. The van der Waals surface area contributed by atoms with Gasteiger partial charge in [-0.3, -0.25) is 0 Å². The van der Waals surface area contributed by atoms with E-state index >= 15 is 0 Å². The van der Waals surface area contributed by atoms with Gasteiger partial charge in [0.1, 0.15) is 25.2 Å². The first-order valence-corrected chi connectivity index (χ1v) is 13.8. The molecule has 190 valence electrons. The van der Waals surface area contributed by atoms with Crippen molar-refractivity contribution in [3.63, 3.8) is 0 Å². The van der Waals surface area contributed by atoms with Gasteiger partial charge in [0.15, 0.2) is 13.1 Å². The third kappa shape index (κ3) is 4.80. The van der Waals surface area contributed by atoms with Crippen LogP contribution in [0.5, 0.6) is 0 Å². The number of benzene rings is 2. The lowest BCUT2D eigenvalue weighted by molar-refractivity contribution is -0.912. The van der Waals surface area contributed by atoms with E-state index in [2.05, 4.69) is 96.9 Å². The number of aliphatic hydroxyl groups is 1. The van der Waals surface area contributed by atoms with Crippen molar-refractivity contribution in [2.24, 2.45) is 0 Å². The molecule has 0 amide bonds. The Labute approximate surface area is 218 Å². The molecule has 0 spiro atoms. The zero-order chi connectivity index (χ0) is 25.3. The highest BCUT2D eigenvalue weighted by Crippen LogP contribution is 2.45. The van der Waals surface area contributed by atoms with E-state index in [1.54, 1.807) is 0 Å². The van der Waals surface area contributed by atoms with Gasteiger partial charge in [0.2, 0.25) is 0 Å². The van der Waals surface area contributed by atoms with Crippen LogP contribution in [-0.4, -0.2) is 76.1 Å². The normalized spacial score (nSPS) is 20.9. The van der Waals surface area contributed by atoms with E-state index in [1.165, 1.54) is 26.9 Å². The zero-order valence-corrected chi connectivity index (χ0v) is 22.7. The fourth-order valence-corrected chi connectivity index (χ4v) is 6.36. The summed E-state index contributed by atoms with van der Waals surface area (Å²) in [7, 11) is 4.38. The number of para-hydroxylation sites is 1. The Morgan fingerprint density at radius 1 is 1.11 bits per heavy atom. The minimum absolute atomic E-state index is 0.232. The Balaban J connectivity index is 1.62. The second kappa shape index (κ2) is 10.3. The maximum absolute atomic E-state index is 9.49. The van der Waals surface area contributed by atoms with Gasteiger partial charge in [0.25, 0.3) is 0 Å². The van der Waals surface area contributed by atoms with Crippen molar-refractivity contribution in [2.75, 3.05) is 76.3 Å². The highest BCUT2D eigenvalue weighted by molar-refractivity contribution is 8.03. The number of thioether (sulfide) groups is 1. The maximum atomic E-state index is 9.49. The Morgan fingerprint density at radius 2 is 1.86 bits per heavy atom. The van der Waals surface area contributed by atoms with Crippen molar-refractivity contribution < 1.29 is 14.0 Å². The standard InChI is InChI=1S/C29H38N4O2S/c1-5-31(6-2)23-11-12-24-22(20-29-30(3)25-9-7-8-10-27(25)36-29)19-28(35-26(24)21-23)32-13-15-33(4,16-14-32)17-18-34/h7-12,19-21,34H,5-6,13-18H2,1-4H3/q+2. The molecule has 0 radical (unpaired) electrons. The summed E-state index contributed by atoms with van der Waals surface area (Å²) >= 11 is 1.82. The van der Waals surface area contributed by atoms with Gasteiger partial charge in [-0.2, -0.15) is 4.58 Å². The molecular formula is C29H38N4O2S+2. The largest absolute Gasteiger partial charge is 0.405 e. The molecule has 1 fully saturated rings. The molecule has 2 aliphatic rings. The van der Waals surface area contributed by atoms with E-state index in [9.17, 15) is 5.11 Å². The third-order valence-electron chi connectivity index (χ3n) is 7.72. The highest BCUT2D eigenvalue weighted by atomic mass is 32.2. The van der Waals surface area contributed by atoms with Crippen LogP contribution >= 0.6 is 11.8 Å². The molecule has 1 saturated heterocycles. The maximum Gasteiger partial charge on any atom is 0.368 e. The third-order valence-corrected chi connectivity index (χ3v) is 8.89. The number of anilines is 2. The fourth-order valence-electron chi connectivity index (χ4n) is 5.26. The topological polar surface area (TPSA) is 42.9 Å². The molecule has 2 aromatic carbocycles. The molecule has 1 N–H and O–H groups in total. The van der Waals surface area contributed by atoms with Gasteiger partial charge in [0.05, 0.1) is 30.4 Å². The van der Waals surface area contributed by atoms with Gasteiger partial charge in [-0.1, -0.05) is 23.9 Å². The van der Waals surface area contributed by atoms with Crippen molar-refractivity contribution in [1.82, 2.24) is 4.58 Å². The molecule has 5 rings (SSSR count). The second-order valence-electron chi connectivity index (χ2n) is 10.0. The predicted octanol–water partition coefficient (Wildman–Crippen LogP) is 4.04. The smallest absolute Gasteiger partial charge is 0.368 e. The quantitative estimate of drug-likeness (QED) is 0.404. The van der Waals surface area contributed by atoms with Crippen molar-refractivity contribution in [2.45, 2.75) is 18.7 Å². The first kappa shape index (κ1) is 24.9. The van der Waals surface area contributed by atoms with E-state index in [4.69, 9.17) is 4.42 Å². The number of hydrogen-bond donors (Lipinski definition) is 1. The molecule has 6 nitrogen and oxygen atoms in total. The van der Waals surface area contributed by atoms with Crippen LogP contribution in [0.4, 0.5) is 11.4 Å². The number of rotatable bonds is 6. The van der Waals surface area contributed by atoms with E-state index in [0.717, 1.165) is 66.8 Å². The summed E-state index contributed by atoms with van der Waals surface area (Å²) < 4.78 is 9.87. The average Bonchev–Trinajstić information content (AvgIpc) is 3.20. The van der Waals surface area contributed by atoms with Gasteiger partial charge in [-0.15, -0.1) is 0 Å². The number of aliphatic hydroxyl groups excluding tert-OH is 1. The van der Waals surface area contributed by atoms with Gasteiger partial charge in [0, 0.05) is 42.2 Å². The van der Waals surface area contributed by atoms with Gasteiger partial charge >= 0.3 is 5.55 Å². The molecule has 1 aromatic heterocycles. The number of likely N-dealkylation sites (N-methyl/N-ethyl adjacent to an activating group) is 1. The van der Waals surface area contributed by atoms with Crippen LogP contribution in [-0.2, 0) is 0 Å². The van der Waals surface area contributed by atoms with E-state index in [1.807, 2.05) is 11.8 Å². The van der Waals surface area contributed by atoms with Crippen molar-refractivity contribution in [3.05, 3.63) is 64.7 Å². The molecular weight excluding hydrogens is 468 g/mol. The minimum Gasteiger partial charge on any atom is -0.405 e. The lowest BCUT2D eigenvalue weighted by Crippen LogP contribution is -2.58. The fraction of sp³-hybridized carbons (Fsp3) is 0.414. The molecule has 36 heavy (non-hydrogen) atoms. The molecule has 7 heteroatoms. The number of hydrogen-bond acceptors (Lipinski definition) is 5. The predicted molar refractivity (Wildman–Crippen MR) is 151 cm³/mol. The zero-order valence-electron chi connectivity index (χ0n) is 21.9. The summed E-state index contributed by atoms with van der Waals surface area (Å²) in [5.41, 5.74) is 5.46. The lowest BCUT2D eigenvalue weighted by atomic mass is 10.1. The van der Waals surface area contributed by atoms with Gasteiger partial charge in [-0.05, 0) is 49.8 Å². The highest BCUT2D eigenvalue weighted by Gasteiger charge is 2.31. The van der Waals surface area contributed by atoms with Gasteiger partial charge < -0.3 is 23.8 Å². The van der Waals surface area contributed by atoms with Gasteiger partial charge in [-0.25, -0.2) is 0 Å². The van der Waals surface area contributed by atoms with Crippen LogP contribution in [0, 0.1) is 0 Å². The molecule has 0 atom stereocenters. The molecule has 3 heterocycles. The molecule has 0 unspecified atom stereocenters. The van der Waals surface area contributed by atoms with Crippen molar-refractivity contribution in [1.29, 1.82) is 0 Å². The molecule has 0 bridgehead atoms. The Hall–Kier alpha value is -2.74. The monoisotopic (exact) mass is 506 g/mol.